The van der Waals surface area contributed by atoms with Crippen molar-refractivity contribution in [2.45, 2.75) is 34.1 Å². The maximum atomic E-state index is 4.31. The van der Waals surface area contributed by atoms with Crippen molar-refractivity contribution in [1.82, 2.24) is 19.6 Å². The number of nitrogens with zero attached hydrogens (tertiary/aromatic N) is 4. The second-order valence-electron chi connectivity index (χ2n) is 5.45. The van der Waals surface area contributed by atoms with Gasteiger partial charge in [-0.25, -0.2) is 4.98 Å². The van der Waals surface area contributed by atoms with Gasteiger partial charge in [0.25, 0.3) is 0 Å². The van der Waals surface area contributed by atoms with Gasteiger partial charge >= 0.3 is 0 Å². The molecule has 0 atom stereocenters. The van der Waals surface area contributed by atoms with Crippen LogP contribution in [0.15, 0.2) is 12.4 Å². The second-order valence-corrected chi connectivity index (χ2v) is 5.45. The minimum Gasteiger partial charge on any atom is -0.367 e. The van der Waals surface area contributed by atoms with Gasteiger partial charge in [0.2, 0.25) is 5.65 Å². The first-order valence-electron chi connectivity index (χ1n) is 5.87. The average molecular weight is 233 g/mol. The number of hydrogen-bond donors (Lipinski definition) is 1. The molecule has 0 aliphatic rings. The van der Waals surface area contributed by atoms with E-state index in [9.17, 15) is 0 Å². The molecular weight excluding hydrogens is 214 g/mol. The van der Waals surface area contributed by atoms with E-state index in [0.29, 0.717) is 5.41 Å². The van der Waals surface area contributed by atoms with Crippen LogP contribution in [0.2, 0.25) is 0 Å². The van der Waals surface area contributed by atoms with Gasteiger partial charge in [0.1, 0.15) is 5.82 Å². The van der Waals surface area contributed by atoms with Crippen molar-refractivity contribution in [2.75, 3.05) is 11.9 Å². The van der Waals surface area contributed by atoms with Crippen molar-refractivity contribution in [3.8, 4) is 0 Å². The Morgan fingerprint density at radius 1 is 1.29 bits per heavy atom. The lowest BCUT2D eigenvalue weighted by Crippen LogP contribution is -2.14. The monoisotopic (exact) mass is 233 g/mol. The van der Waals surface area contributed by atoms with E-state index >= 15 is 0 Å². The SMILES string of the molecule is Cc1nnc2c(NCCC(C)(C)C)nccn12. The Kier molecular flexibility index (Phi) is 3.00. The normalized spacial score (nSPS) is 12.0. The van der Waals surface area contributed by atoms with Crippen LogP contribution in [0.25, 0.3) is 5.65 Å². The number of nitrogens with one attached hydrogen (secondary N) is 1. The fourth-order valence-electron chi connectivity index (χ4n) is 1.62. The summed E-state index contributed by atoms with van der Waals surface area (Å²) in [6.45, 7) is 9.50. The van der Waals surface area contributed by atoms with Crippen LogP contribution in [0.3, 0.4) is 0 Å². The third-order valence-electron chi connectivity index (χ3n) is 2.66. The van der Waals surface area contributed by atoms with Crippen LogP contribution in [0.1, 0.15) is 33.0 Å². The number of aryl methyl sites for hydroxylation is 1. The van der Waals surface area contributed by atoms with Crippen LogP contribution in [0.5, 0.6) is 0 Å². The molecule has 1 N–H and O–H groups in total. The highest BCUT2D eigenvalue weighted by molar-refractivity contribution is 5.61. The Labute approximate surface area is 101 Å². The average Bonchev–Trinajstić information content (AvgIpc) is 2.60. The summed E-state index contributed by atoms with van der Waals surface area (Å²) in [7, 11) is 0. The van der Waals surface area contributed by atoms with E-state index in [1.165, 1.54) is 0 Å². The van der Waals surface area contributed by atoms with E-state index < -0.39 is 0 Å². The van der Waals surface area contributed by atoms with Crippen molar-refractivity contribution >= 4 is 11.5 Å². The summed E-state index contributed by atoms with van der Waals surface area (Å²) in [6, 6.07) is 0. The zero-order chi connectivity index (χ0) is 12.5. The predicted octanol–water partition coefficient (Wildman–Crippen LogP) is 2.28. The maximum Gasteiger partial charge on any atom is 0.203 e. The van der Waals surface area contributed by atoms with E-state index in [0.717, 1.165) is 30.3 Å². The number of fused-ring (bicyclic) bond motifs is 1. The van der Waals surface area contributed by atoms with Gasteiger partial charge in [-0.05, 0) is 18.8 Å². The number of anilines is 1. The van der Waals surface area contributed by atoms with Gasteiger partial charge in [-0.15, -0.1) is 10.2 Å². The molecule has 0 bridgehead atoms. The molecule has 5 nitrogen and oxygen atoms in total. The summed E-state index contributed by atoms with van der Waals surface area (Å²) in [5.74, 6) is 1.68. The summed E-state index contributed by atoms with van der Waals surface area (Å²) in [5.41, 5.74) is 1.11. The third-order valence-corrected chi connectivity index (χ3v) is 2.66. The van der Waals surface area contributed by atoms with Gasteiger partial charge in [-0.3, -0.25) is 4.40 Å². The first-order valence-corrected chi connectivity index (χ1v) is 5.87. The molecule has 0 amide bonds. The molecule has 2 aromatic rings. The molecule has 0 aromatic carbocycles. The molecule has 0 fully saturated rings. The lowest BCUT2D eigenvalue weighted by molar-refractivity contribution is 0.389. The van der Waals surface area contributed by atoms with E-state index in [-0.39, 0.29) is 0 Å². The van der Waals surface area contributed by atoms with E-state index in [4.69, 9.17) is 0 Å². The summed E-state index contributed by atoms with van der Waals surface area (Å²) in [6.07, 6.45) is 4.73. The van der Waals surface area contributed by atoms with Crippen LogP contribution in [-0.2, 0) is 0 Å². The quantitative estimate of drug-likeness (QED) is 0.883. The Morgan fingerprint density at radius 2 is 2.06 bits per heavy atom. The third kappa shape index (κ3) is 2.72. The van der Waals surface area contributed by atoms with Crippen molar-refractivity contribution in [1.29, 1.82) is 0 Å². The Balaban J connectivity index is 2.14. The second kappa shape index (κ2) is 4.31. The van der Waals surface area contributed by atoms with Crippen molar-refractivity contribution in [3.63, 3.8) is 0 Å². The molecule has 2 heterocycles. The van der Waals surface area contributed by atoms with Crippen molar-refractivity contribution < 1.29 is 0 Å². The molecule has 0 aliphatic carbocycles. The molecule has 0 saturated heterocycles. The molecular formula is C12H19N5. The first kappa shape index (κ1) is 11.8. The Bertz CT molecular complexity index is 509. The fourth-order valence-corrected chi connectivity index (χ4v) is 1.62. The minimum atomic E-state index is 0.321. The largest absolute Gasteiger partial charge is 0.367 e. The number of rotatable bonds is 3. The Hall–Kier alpha value is -1.65. The predicted molar refractivity (Wildman–Crippen MR) is 68.1 cm³/mol. The summed E-state index contributed by atoms with van der Waals surface area (Å²) in [4.78, 5) is 4.31. The summed E-state index contributed by atoms with van der Waals surface area (Å²) < 4.78 is 1.94. The van der Waals surface area contributed by atoms with Crippen LogP contribution in [0, 0.1) is 12.3 Å². The van der Waals surface area contributed by atoms with Crippen molar-refractivity contribution in [3.05, 3.63) is 18.2 Å². The molecule has 0 unspecified atom stereocenters. The number of hydrogen-bond acceptors (Lipinski definition) is 4. The van der Waals surface area contributed by atoms with E-state index in [2.05, 4.69) is 41.3 Å². The maximum absolute atomic E-state index is 4.31. The zero-order valence-corrected chi connectivity index (χ0v) is 10.9. The van der Waals surface area contributed by atoms with Crippen LogP contribution in [0.4, 0.5) is 5.82 Å². The molecule has 92 valence electrons. The number of aromatic nitrogens is 4. The highest BCUT2D eigenvalue weighted by Crippen LogP contribution is 2.19. The fraction of sp³-hybridized carbons (Fsp3) is 0.583. The topological polar surface area (TPSA) is 55.1 Å². The van der Waals surface area contributed by atoms with Crippen molar-refractivity contribution in [2.24, 2.45) is 5.41 Å². The molecule has 17 heavy (non-hydrogen) atoms. The van der Waals surface area contributed by atoms with Gasteiger partial charge in [0.05, 0.1) is 0 Å². The lowest BCUT2D eigenvalue weighted by atomic mass is 9.92. The Morgan fingerprint density at radius 3 is 2.76 bits per heavy atom. The van der Waals surface area contributed by atoms with Crippen LogP contribution >= 0.6 is 0 Å². The standard InChI is InChI=1S/C12H19N5/c1-9-15-16-11-10(14-7-8-17(9)11)13-6-5-12(2,3)4/h7-8H,5-6H2,1-4H3,(H,13,14). The van der Waals surface area contributed by atoms with Gasteiger partial charge < -0.3 is 5.32 Å². The van der Waals surface area contributed by atoms with Gasteiger partial charge in [-0.1, -0.05) is 20.8 Å². The van der Waals surface area contributed by atoms with E-state index in [1.807, 2.05) is 17.5 Å². The van der Waals surface area contributed by atoms with Crippen LogP contribution < -0.4 is 5.32 Å². The molecule has 0 aliphatic heterocycles. The van der Waals surface area contributed by atoms with Crippen LogP contribution in [-0.4, -0.2) is 26.1 Å². The molecule has 5 heteroatoms. The summed E-state index contributed by atoms with van der Waals surface area (Å²) >= 11 is 0. The van der Waals surface area contributed by atoms with Gasteiger partial charge in [0.15, 0.2) is 5.82 Å². The molecule has 0 saturated carbocycles. The first-order chi connectivity index (χ1) is 7.97. The molecule has 0 radical (unpaired) electrons. The van der Waals surface area contributed by atoms with E-state index in [1.54, 1.807) is 6.20 Å². The van der Waals surface area contributed by atoms with Gasteiger partial charge in [-0.2, -0.15) is 0 Å². The molecule has 2 aromatic heterocycles. The summed E-state index contributed by atoms with van der Waals surface area (Å²) in [5, 5.41) is 11.5. The highest BCUT2D eigenvalue weighted by atomic mass is 15.3. The van der Waals surface area contributed by atoms with Gasteiger partial charge in [0, 0.05) is 18.9 Å². The lowest BCUT2D eigenvalue weighted by Gasteiger charge is -2.18. The molecule has 0 spiro atoms. The molecule has 2 rings (SSSR count). The highest BCUT2D eigenvalue weighted by Gasteiger charge is 2.11. The smallest absolute Gasteiger partial charge is 0.203 e. The minimum absolute atomic E-state index is 0.321. The zero-order valence-electron chi connectivity index (χ0n) is 10.9.